The lowest BCUT2D eigenvalue weighted by Gasteiger charge is -2.23. The van der Waals surface area contributed by atoms with Gasteiger partial charge in [0.15, 0.2) is 0 Å². The Balaban J connectivity index is 1.93. The Hall–Kier alpha value is -0.970. The second-order valence-electron chi connectivity index (χ2n) is 5.21. The third kappa shape index (κ3) is 4.56. The Morgan fingerprint density at radius 1 is 1.53 bits per heavy atom. The third-order valence-electron chi connectivity index (χ3n) is 3.63. The van der Waals surface area contributed by atoms with Crippen molar-refractivity contribution in [3.05, 3.63) is 29.6 Å². The quantitative estimate of drug-likeness (QED) is 0.808. The Labute approximate surface area is 115 Å². The minimum absolute atomic E-state index is 0.521. The second-order valence-corrected chi connectivity index (χ2v) is 5.21. The Morgan fingerprint density at radius 2 is 2.42 bits per heavy atom. The molecule has 2 rings (SSSR count). The van der Waals surface area contributed by atoms with Crippen LogP contribution in [-0.2, 0) is 15.9 Å². The molecule has 106 valence electrons. The van der Waals surface area contributed by atoms with Gasteiger partial charge < -0.3 is 9.47 Å². The van der Waals surface area contributed by atoms with Gasteiger partial charge in [-0.2, -0.15) is 0 Å². The van der Waals surface area contributed by atoms with Crippen LogP contribution >= 0.6 is 0 Å². The highest BCUT2D eigenvalue weighted by Gasteiger charge is 2.19. The molecule has 1 saturated heterocycles. The summed E-state index contributed by atoms with van der Waals surface area (Å²) >= 11 is 0. The highest BCUT2D eigenvalue weighted by molar-refractivity contribution is 5.18. The first kappa shape index (κ1) is 14.4. The van der Waals surface area contributed by atoms with Crippen molar-refractivity contribution in [3.8, 4) is 0 Å². The SMILES string of the molecule is COCCN1CCOC[C@@H](Cc2ncccc2C)C1. The molecule has 19 heavy (non-hydrogen) atoms. The topological polar surface area (TPSA) is 34.6 Å². The van der Waals surface area contributed by atoms with Crippen LogP contribution in [-0.4, -0.2) is 56.4 Å². The zero-order valence-corrected chi connectivity index (χ0v) is 12.0. The number of rotatable bonds is 5. The van der Waals surface area contributed by atoms with E-state index in [9.17, 15) is 0 Å². The average Bonchev–Trinajstić information content (AvgIpc) is 2.64. The summed E-state index contributed by atoms with van der Waals surface area (Å²) in [5.74, 6) is 0.521. The zero-order valence-electron chi connectivity index (χ0n) is 12.0. The first-order chi connectivity index (χ1) is 9.29. The fraction of sp³-hybridized carbons (Fsp3) is 0.667. The lowest BCUT2D eigenvalue weighted by Crippen LogP contribution is -2.33. The molecule has 1 aliphatic rings. The van der Waals surface area contributed by atoms with Gasteiger partial charge in [0.1, 0.15) is 0 Å². The first-order valence-corrected chi connectivity index (χ1v) is 6.99. The van der Waals surface area contributed by atoms with Crippen LogP contribution in [0.4, 0.5) is 0 Å². The number of methoxy groups -OCH3 is 1. The number of hydrogen-bond donors (Lipinski definition) is 0. The number of aryl methyl sites for hydroxylation is 1. The summed E-state index contributed by atoms with van der Waals surface area (Å²) in [5, 5.41) is 0. The second kappa shape index (κ2) is 7.58. The van der Waals surface area contributed by atoms with E-state index >= 15 is 0 Å². The van der Waals surface area contributed by atoms with Crippen molar-refractivity contribution in [2.24, 2.45) is 5.92 Å². The molecule has 0 unspecified atom stereocenters. The molecule has 0 aliphatic carbocycles. The fourth-order valence-corrected chi connectivity index (χ4v) is 2.51. The molecular formula is C15H24N2O2. The average molecular weight is 264 g/mol. The molecule has 2 heterocycles. The Morgan fingerprint density at radius 3 is 3.21 bits per heavy atom. The van der Waals surface area contributed by atoms with Crippen molar-refractivity contribution in [1.29, 1.82) is 0 Å². The Bertz CT molecular complexity index is 384. The summed E-state index contributed by atoms with van der Waals surface area (Å²) in [7, 11) is 1.75. The predicted molar refractivity (Wildman–Crippen MR) is 75.3 cm³/mol. The van der Waals surface area contributed by atoms with Crippen LogP contribution in [0.3, 0.4) is 0 Å². The molecule has 1 aliphatic heterocycles. The van der Waals surface area contributed by atoms with E-state index in [2.05, 4.69) is 22.9 Å². The molecule has 0 aromatic carbocycles. The summed E-state index contributed by atoms with van der Waals surface area (Å²) < 4.78 is 10.9. The fourth-order valence-electron chi connectivity index (χ4n) is 2.51. The van der Waals surface area contributed by atoms with E-state index in [1.54, 1.807) is 7.11 Å². The number of ether oxygens (including phenoxy) is 2. The zero-order chi connectivity index (χ0) is 13.5. The van der Waals surface area contributed by atoms with Gasteiger partial charge in [-0.3, -0.25) is 9.88 Å². The number of pyridine rings is 1. The van der Waals surface area contributed by atoms with Gasteiger partial charge in [-0.05, 0) is 25.0 Å². The molecule has 1 aromatic rings. The van der Waals surface area contributed by atoms with Crippen molar-refractivity contribution in [3.63, 3.8) is 0 Å². The van der Waals surface area contributed by atoms with Crippen LogP contribution in [0.2, 0.25) is 0 Å². The van der Waals surface area contributed by atoms with Crippen molar-refractivity contribution in [1.82, 2.24) is 9.88 Å². The van der Waals surface area contributed by atoms with Crippen molar-refractivity contribution < 1.29 is 9.47 Å². The molecule has 0 saturated carbocycles. The highest BCUT2D eigenvalue weighted by Crippen LogP contribution is 2.14. The van der Waals surface area contributed by atoms with Crippen LogP contribution in [0.15, 0.2) is 18.3 Å². The lowest BCUT2D eigenvalue weighted by atomic mass is 10.0. The van der Waals surface area contributed by atoms with Gasteiger partial charge in [-0.1, -0.05) is 6.07 Å². The summed E-state index contributed by atoms with van der Waals surface area (Å²) in [6, 6.07) is 4.12. The summed E-state index contributed by atoms with van der Waals surface area (Å²) in [5.41, 5.74) is 2.47. The van der Waals surface area contributed by atoms with E-state index < -0.39 is 0 Å². The molecular weight excluding hydrogens is 240 g/mol. The van der Waals surface area contributed by atoms with E-state index in [0.717, 1.165) is 45.9 Å². The molecule has 0 spiro atoms. The van der Waals surface area contributed by atoms with E-state index in [0.29, 0.717) is 5.92 Å². The van der Waals surface area contributed by atoms with Crippen LogP contribution in [0.5, 0.6) is 0 Å². The van der Waals surface area contributed by atoms with Gasteiger partial charge in [0, 0.05) is 44.6 Å². The van der Waals surface area contributed by atoms with Crippen LogP contribution < -0.4 is 0 Å². The largest absolute Gasteiger partial charge is 0.383 e. The van der Waals surface area contributed by atoms with Gasteiger partial charge >= 0.3 is 0 Å². The van der Waals surface area contributed by atoms with Gasteiger partial charge in [0.2, 0.25) is 0 Å². The minimum atomic E-state index is 0.521. The van der Waals surface area contributed by atoms with E-state index in [1.165, 1.54) is 11.3 Å². The normalized spacial score (nSPS) is 21.3. The minimum Gasteiger partial charge on any atom is -0.383 e. The van der Waals surface area contributed by atoms with Crippen molar-refractivity contribution >= 4 is 0 Å². The summed E-state index contributed by atoms with van der Waals surface area (Å²) in [4.78, 5) is 6.92. The number of aromatic nitrogens is 1. The van der Waals surface area contributed by atoms with E-state index in [-0.39, 0.29) is 0 Å². The monoisotopic (exact) mass is 264 g/mol. The third-order valence-corrected chi connectivity index (χ3v) is 3.63. The summed E-state index contributed by atoms with van der Waals surface area (Å²) in [6.07, 6.45) is 2.87. The molecule has 0 bridgehead atoms. The highest BCUT2D eigenvalue weighted by atomic mass is 16.5. The van der Waals surface area contributed by atoms with Gasteiger partial charge in [-0.15, -0.1) is 0 Å². The van der Waals surface area contributed by atoms with E-state index in [1.807, 2.05) is 12.3 Å². The molecule has 0 radical (unpaired) electrons. The predicted octanol–water partition coefficient (Wildman–Crippen LogP) is 1.53. The molecule has 1 fully saturated rings. The molecule has 0 N–H and O–H groups in total. The van der Waals surface area contributed by atoms with Crippen LogP contribution in [0.25, 0.3) is 0 Å². The number of hydrogen-bond acceptors (Lipinski definition) is 4. The Kier molecular flexibility index (Phi) is 5.76. The lowest BCUT2D eigenvalue weighted by molar-refractivity contribution is 0.118. The molecule has 1 aromatic heterocycles. The smallest absolute Gasteiger partial charge is 0.0593 e. The number of nitrogens with zero attached hydrogens (tertiary/aromatic N) is 2. The maximum Gasteiger partial charge on any atom is 0.0593 e. The molecule has 4 heteroatoms. The van der Waals surface area contributed by atoms with Crippen molar-refractivity contribution in [2.45, 2.75) is 13.3 Å². The van der Waals surface area contributed by atoms with Crippen molar-refractivity contribution in [2.75, 3.05) is 46.6 Å². The van der Waals surface area contributed by atoms with Gasteiger partial charge in [0.05, 0.1) is 19.8 Å². The summed E-state index contributed by atoms with van der Waals surface area (Å²) in [6.45, 7) is 7.62. The standard InChI is InChI=1S/C15H24N2O2/c1-13-4-3-5-16-15(13)10-14-11-17(6-8-18-2)7-9-19-12-14/h3-5,14H,6-12H2,1-2H3/t14-/m0/s1. The molecule has 4 nitrogen and oxygen atoms in total. The maximum absolute atomic E-state index is 5.72. The maximum atomic E-state index is 5.72. The molecule has 1 atom stereocenters. The van der Waals surface area contributed by atoms with Crippen LogP contribution in [0.1, 0.15) is 11.3 Å². The van der Waals surface area contributed by atoms with Crippen LogP contribution in [0, 0.1) is 12.8 Å². The molecule has 0 amide bonds. The first-order valence-electron chi connectivity index (χ1n) is 6.99. The van der Waals surface area contributed by atoms with Gasteiger partial charge in [0.25, 0.3) is 0 Å². The van der Waals surface area contributed by atoms with E-state index in [4.69, 9.17) is 9.47 Å². The van der Waals surface area contributed by atoms with Gasteiger partial charge in [-0.25, -0.2) is 0 Å².